The number of nitrogens with zero attached hydrogens (tertiary/aromatic N) is 5. The molecule has 6 heterocycles. The number of carbonyl (C=O) groups excluding carboxylic acids is 4. The first-order chi connectivity index (χ1) is 34.6. The van der Waals surface area contributed by atoms with Crippen LogP contribution in [0.1, 0.15) is 97.0 Å². The van der Waals surface area contributed by atoms with Gasteiger partial charge in [0.2, 0.25) is 5.91 Å². The Morgan fingerprint density at radius 1 is 0.918 bits per heavy atom. The smallest absolute Gasteiger partial charge is 0.315 e. The zero-order valence-electron chi connectivity index (χ0n) is 43.9. The summed E-state index contributed by atoms with van der Waals surface area (Å²) in [4.78, 5) is 71.6. The summed E-state index contributed by atoms with van der Waals surface area (Å²) in [5, 5.41) is 60.1. The first-order valence-electron chi connectivity index (χ1n) is 25.8. The van der Waals surface area contributed by atoms with E-state index >= 15 is 0 Å². The minimum Gasteiger partial charge on any atom is -0.507 e. The number of piperidine rings is 1. The lowest BCUT2D eigenvalue weighted by Crippen LogP contribution is -2.50. The molecular formula is C54H76N6O13. The summed E-state index contributed by atoms with van der Waals surface area (Å²) in [6.45, 7) is 21.6. The molecule has 19 heteroatoms. The van der Waals surface area contributed by atoms with Gasteiger partial charge < -0.3 is 59.6 Å². The van der Waals surface area contributed by atoms with Gasteiger partial charge in [-0.2, -0.15) is 0 Å². The third-order valence-corrected chi connectivity index (χ3v) is 15.3. The van der Waals surface area contributed by atoms with Gasteiger partial charge in [-0.3, -0.25) is 29.1 Å². The molecule has 0 unspecified atom stereocenters. The number of ether oxygens (including phenoxy) is 4. The molecule has 0 aromatic heterocycles. The van der Waals surface area contributed by atoms with Crippen LogP contribution in [-0.2, 0) is 28.6 Å². The fraction of sp³-hybridized carbons (Fsp3) is 0.630. The first-order valence-corrected chi connectivity index (χ1v) is 25.8. The number of aliphatic hydroxyl groups excluding tert-OH is 3. The van der Waals surface area contributed by atoms with Crippen molar-refractivity contribution in [3.63, 3.8) is 0 Å². The van der Waals surface area contributed by atoms with Gasteiger partial charge in [-0.25, -0.2) is 4.99 Å². The van der Waals surface area contributed by atoms with Crippen molar-refractivity contribution in [1.82, 2.24) is 14.7 Å². The van der Waals surface area contributed by atoms with Gasteiger partial charge in [0, 0.05) is 106 Å². The number of esters is 1. The zero-order valence-corrected chi connectivity index (χ0v) is 43.9. The van der Waals surface area contributed by atoms with Crippen molar-refractivity contribution in [2.75, 3.05) is 77.5 Å². The normalized spacial score (nSPS) is 29.7. The summed E-state index contributed by atoms with van der Waals surface area (Å²) in [5.41, 5.74) is -0.170. The van der Waals surface area contributed by atoms with Crippen LogP contribution >= 0.6 is 0 Å². The average molecular weight is 1020 g/mol. The third kappa shape index (κ3) is 11.8. The molecule has 400 valence electrons. The van der Waals surface area contributed by atoms with E-state index in [4.69, 9.17) is 29.0 Å². The van der Waals surface area contributed by atoms with Gasteiger partial charge in [0.05, 0.1) is 54.9 Å². The summed E-state index contributed by atoms with van der Waals surface area (Å²) in [5.74, 6) is -7.32. The van der Waals surface area contributed by atoms with Gasteiger partial charge in [0.1, 0.15) is 40.4 Å². The molecule has 2 aromatic rings. The lowest BCUT2D eigenvalue weighted by Gasteiger charge is -2.38. The van der Waals surface area contributed by atoms with E-state index in [0.29, 0.717) is 76.9 Å². The SMILES string of the molecule is C/C1=C/C=C/[C@H](C)[C@H](O)[C@@H](C)[C@@H](O)[C@@H](C)[C@H](OC(=O)CC(=O)N2CCN(CCOCCO)CC2)[C@H](C)C/C=C/O[C@@]2(C)Oc3c(C)c(O)c4c(O)c(c5c(c4c3C2=O)NC2(CCN(CC(C)C)CC2)N=5)=NC1=O. The Kier molecular flexibility index (Phi) is 17.4. The molecule has 0 saturated carbocycles. The second-order valence-corrected chi connectivity index (χ2v) is 21.3. The molecule has 0 radical (unpaired) electrons. The van der Waals surface area contributed by atoms with Crippen molar-refractivity contribution in [2.24, 2.45) is 39.6 Å². The van der Waals surface area contributed by atoms with Crippen molar-refractivity contribution in [3.8, 4) is 17.2 Å². The fourth-order valence-corrected chi connectivity index (χ4v) is 10.8. The minimum atomic E-state index is -1.95. The van der Waals surface area contributed by atoms with Crippen LogP contribution in [0.2, 0.25) is 0 Å². The lowest BCUT2D eigenvalue weighted by atomic mass is 9.79. The Morgan fingerprint density at radius 3 is 2.29 bits per heavy atom. The van der Waals surface area contributed by atoms with Crippen LogP contribution in [0, 0.1) is 36.5 Å². The number of nitrogens with one attached hydrogen (secondary N) is 1. The highest BCUT2D eigenvalue weighted by Gasteiger charge is 2.50. The van der Waals surface area contributed by atoms with E-state index in [1.54, 1.807) is 57.7 Å². The van der Waals surface area contributed by atoms with Crippen LogP contribution in [-0.4, -0.2) is 166 Å². The van der Waals surface area contributed by atoms with Gasteiger partial charge in [-0.1, -0.05) is 59.8 Å². The summed E-state index contributed by atoms with van der Waals surface area (Å²) in [6.07, 6.45) is 5.40. The lowest BCUT2D eigenvalue weighted by molar-refractivity contribution is -0.162. The highest BCUT2D eigenvalue weighted by molar-refractivity contribution is 6.21. The number of ketones is 1. The minimum absolute atomic E-state index is 0.0483. The number of fused-ring (bicyclic) bond motifs is 13. The Balaban J connectivity index is 1.22. The van der Waals surface area contributed by atoms with Crippen molar-refractivity contribution < 1.29 is 63.7 Å². The predicted molar refractivity (Wildman–Crippen MR) is 271 cm³/mol. The molecule has 6 aliphatic heterocycles. The Bertz CT molecular complexity index is 2640. The predicted octanol–water partition coefficient (Wildman–Crippen LogP) is 3.65. The number of phenols is 2. The van der Waals surface area contributed by atoms with E-state index in [1.165, 1.54) is 19.3 Å². The van der Waals surface area contributed by atoms with Crippen LogP contribution in [0.25, 0.3) is 10.8 Å². The number of hydrogen-bond donors (Lipinski definition) is 6. The standard InChI is InChI=1S/C54H76N6O13/c1-30(2)29-59-17-15-54(16-18-59)56-42-39-40-47(66)36(8)50-41(39)51(68)53(9,73-50)71-25-11-14-32(4)49(72-38(63)28-37(62)60-21-19-58(20-22-60)23-26-70-27-24-61)35(7)46(65)34(6)45(64)31(3)12-10-13-33(5)52(69)55-44(48(40)67)43(42)57-54/h10-13,25,30-32,34-35,45-46,49,56,61,64-67H,14-24,26-29H2,1-9H3/b12-10+,25-11+,33-13-,55-44?/t31-,32+,34+,35+,45-,46+,49+,53-/m0/s1. The average Bonchev–Trinajstić information content (AvgIpc) is 3.86. The second-order valence-electron chi connectivity index (χ2n) is 21.3. The van der Waals surface area contributed by atoms with E-state index in [2.05, 4.69) is 34.0 Å². The number of hydrogen-bond acceptors (Lipinski definition) is 17. The highest BCUT2D eigenvalue weighted by Crippen LogP contribution is 2.51. The zero-order chi connectivity index (χ0) is 53.1. The number of benzene rings is 2. The van der Waals surface area contributed by atoms with Crippen molar-refractivity contribution >= 4 is 40.0 Å². The summed E-state index contributed by atoms with van der Waals surface area (Å²) in [6, 6.07) is 0. The molecule has 2 fully saturated rings. The Hall–Kier alpha value is -5.44. The number of likely N-dealkylation sites (tertiary alicyclic amines) is 1. The van der Waals surface area contributed by atoms with E-state index in [1.807, 2.05) is 6.92 Å². The fourth-order valence-electron chi connectivity index (χ4n) is 10.8. The maximum Gasteiger partial charge on any atom is 0.315 e. The van der Waals surface area contributed by atoms with E-state index in [9.17, 15) is 39.6 Å². The van der Waals surface area contributed by atoms with Gasteiger partial charge in [0.25, 0.3) is 11.7 Å². The van der Waals surface area contributed by atoms with Crippen LogP contribution in [0.3, 0.4) is 0 Å². The van der Waals surface area contributed by atoms with Crippen LogP contribution in [0.5, 0.6) is 17.2 Å². The van der Waals surface area contributed by atoms with E-state index in [0.717, 1.165) is 6.54 Å². The Labute approximate surface area is 427 Å². The van der Waals surface area contributed by atoms with Crippen LogP contribution in [0.15, 0.2) is 46.1 Å². The number of Topliss-reactive ketones (excluding diaryl/α,β-unsaturated/α-hetero) is 1. The molecule has 73 heavy (non-hydrogen) atoms. The molecule has 6 aliphatic rings. The molecule has 8 atom stereocenters. The number of piperazine rings is 1. The topological polar surface area (TPSA) is 253 Å². The van der Waals surface area contributed by atoms with E-state index in [-0.39, 0.29) is 75.2 Å². The molecule has 5 bridgehead atoms. The van der Waals surface area contributed by atoms with E-state index < -0.39 is 83.3 Å². The molecule has 6 N–H and O–H groups in total. The molecule has 8 rings (SSSR count). The van der Waals surface area contributed by atoms with Gasteiger partial charge in [0.15, 0.2) is 5.75 Å². The largest absolute Gasteiger partial charge is 0.507 e. The number of aliphatic hydroxyl groups is 3. The van der Waals surface area contributed by atoms with Crippen LogP contribution < -0.4 is 20.8 Å². The third-order valence-electron chi connectivity index (χ3n) is 15.3. The molecule has 0 aliphatic carbocycles. The Morgan fingerprint density at radius 2 is 1.62 bits per heavy atom. The monoisotopic (exact) mass is 1020 g/mol. The number of aromatic hydroxyl groups is 2. The van der Waals surface area contributed by atoms with Crippen molar-refractivity contribution in [2.45, 2.75) is 118 Å². The number of amides is 2. The molecule has 2 saturated heterocycles. The second kappa shape index (κ2) is 23.0. The number of rotatable bonds is 10. The quantitative estimate of drug-likeness (QED) is 0.0860. The van der Waals surface area contributed by atoms with Crippen LogP contribution in [0.4, 0.5) is 5.69 Å². The summed E-state index contributed by atoms with van der Waals surface area (Å²) in [7, 11) is 0. The molecule has 2 aromatic carbocycles. The summed E-state index contributed by atoms with van der Waals surface area (Å²) >= 11 is 0. The van der Waals surface area contributed by atoms with Gasteiger partial charge in [-0.05, 0) is 38.2 Å². The maximum atomic E-state index is 14.8. The maximum absolute atomic E-state index is 14.8. The molecule has 1 spiro atoms. The van der Waals surface area contributed by atoms with Crippen molar-refractivity contribution in [1.29, 1.82) is 0 Å². The van der Waals surface area contributed by atoms with Gasteiger partial charge >= 0.3 is 11.8 Å². The molecule has 2 amide bonds. The number of anilines is 1. The molecule has 19 nitrogen and oxygen atoms in total. The van der Waals surface area contributed by atoms with Crippen molar-refractivity contribution in [3.05, 3.63) is 58.0 Å². The number of phenolic OH excluding ortho intramolecular Hbond substituents is 2. The van der Waals surface area contributed by atoms with Gasteiger partial charge in [-0.15, -0.1) is 0 Å². The highest BCUT2D eigenvalue weighted by atomic mass is 16.7. The first kappa shape index (κ1) is 55.3. The summed E-state index contributed by atoms with van der Waals surface area (Å²) < 4.78 is 23.9. The number of carbonyl (C=O) groups is 4. The molecular weight excluding hydrogens is 941 g/mol. The number of allylic oxidation sites excluding steroid dienone is 3.